The molecule has 31 heteroatoms. The molecule has 356 valence electrons. The van der Waals surface area contributed by atoms with Crippen LogP contribution in [-0.2, 0) is 53.2 Å². The van der Waals surface area contributed by atoms with E-state index < -0.39 is 48.5 Å². The Morgan fingerprint density at radius 2 is 0.821 bits per heavy atom. The monoisotopic (exact) mass is 936 g/mol. The molecule has 6 heterocycles. The second-order valence-electron chi connectivity index (χ2n) is 14.3. The van der Waals surface area contributed by atoms with Gasteiger partial charge in [-0.25, -0.2) is 44.9 Å². The topological polar surface area (TPSA) is 400 Å². The summed E-state index contributed by atoms with van der Waals surface area (Å²) in [5.74, 6) is -3.22. The van der Waals surface area contributed by atoms with Crippen molar-refractivity contribution in [3.63, 3.8) is 0 Å². The molecule has 0 aliphatic heterocycles. The van der Waals surface area contributed by atoms with E-state index in [-0.39, 0.29) is 112 Å². The van der Waals surface area contributed by atoms with E-state index >= 15 is 0 Å². The Hall–Kier alpha value is -8.64. The molecular formula is C36H46F2N22O7. The van der Waals surface area contributed by atoms with Crippen molar-refractivity contribution in [1.82, 2.24) is 89.2 Å². The van der Waals surface area contributed by atoms with Gasteiger partial charge in [-0.1, -0.05) is 0 Å². The maximum absolute atomic E-state index is 13.8. The lowest BCUT2D eigenvalue weighted by Crippen LogP contribution is -2.49. The number of anilines is 3. The van der Waals surface area contributed by atoms with Gasteiger partial charge in [0.05, 0.1) is 45.2 Å². The Labute approximate surface area is 376 Å². The van der Waals surface area contributed by atoms with Crippen molar-refractivity contribution < 1.29 is 42.7 Å². The molecule has 0 fully saturated rings. The number of rotatable bonds is 22. The van der Waals surface area contributed by atoms with Gasteiger partial charge in [0.2, 0.25) is 35.4 Å². The van der Waals surface area contributed by atoms with Crippen molar-refractivity contribution in [1.29, 1.82) is 0 Å². The molecule has 0 aliphatic carbocycles. The number of imidazole rings is 3. The van der Waals surface area contributed by atoms with Crippen molar-refractivity contribution in [3.05, 3.63) is 38.0 Å². The zero-order valence-corrected chi connectivity index (χ0v) is 35.8. The summed E-state index contributed by atoms with van der Waals surface area (Å²) >= 11 is 0. The number of nitrogens with two attached hydrogens (primary N) is 4. The van der Waals surface area contributed by atoms with E-state index in [0.29, 0.717) is 16.8 Å². The Bertz CT molecular complexity index is 2740. The molecule has 29 nitrogen and oxygen atoms in total. The van der Waals surface area contributed by atoms with Gasteiger partial charge in [-0.05, 0) is 6.92 Å². The van der Waals surface area contributed by atoms with E-state index in [1.807, 2.05) is 0 Å². The third kappa shape index (κ3) is 13.0. The van der Waals surface area contributed by atoms with Crippen molar-refractivity contribution >= 4 is 92.2 Å². The molecule has 6 rings (SSSR count). The van der Waals surface area contributed by atoms with Crippen molar-refractivity contribution in [3.8, 4) is 0 Å². The number of amides is 6. The van der Waals surface area contributed by atoms with Crippen LogP contribution in [-0.4, -0.2) is 180 Å². The zero-order valence-electron chi connectivity index (χ0n) is 35.8. The van der Waals surface area contributed by atoms with Crippen LogP contribution in [0.15, 0.2) is 38.0 Å². The molecule has 6 aromatic rings. The molecular weight excluding hydrogens is 891 g/mol. The zero-order chi connectivity index (χ0) is 48.6. The first kappa shape index (κ1) is 49.4. The number of Topliss-reactive ketones (excluding diaryl/α,β-unsaturated/α-hetero) is 1. The lowest BCUT2D eigenvalue weighted by molar-refractivity contribution is -0.137. The summed E-state index contributed by atoms with van der Waals surface area (Å²) in [7, 11) is 0. The third-order valence-corrected chi connectivity index (χ3v) is 9.64. The summed E-state index contributed by atoms with van der Waals surface area (Å²) in [6.07, 6.45) is 7.76. The van der Waals surface area contributed by atoms with Crippen molar-refractivity contribution in [2.75, 3.05) is 82.6 Å². The Balaban J connectivity index is 0.00000414. The van der Waals surface area contributed by atoms with Gasteiger partial charge in [-0.2, -0.15) is 0 Å². The van der Waals surface area contributed by atoms with Crippen molar-refractivity contribution in [2.45, 2.75) is 26.6 Å². The molecule has 0 saturated heterocycles. The first-order chi connectivity index (χ1) is 32.2. The van der Waals surface area contributed by atoms with Crippen LogP contribution >= 0.6 is 0 Å². The number of ketones is 1. The van der Waals surface area contributed by atoms with Crippen LogP contribution in [0.3, 0.4) is 0 Å². The second-order valence-corrected chi connectivity index (χ2v) is 14.3. The summed E-state index contributed by atoms with van der Waals surface area (Å²) in [6.45, 7) is -1.56. The highest BCUT2D eigenvalue weighted by molar-refractivity contribution is 5.89. The molecule has 0 aliphatic rings. The fraction of sp³-hybridized carbons (Fsp3) is 0.389. The van der Waals surface area contributed by atoms with Gasteiger partial charge >= 0.3 is 0 Å². The minimum absolute atomic E-state index is 0.0147. The number of hydrogen-bond donors (Lipinski definition) is 7. The first-order valence-corrected chi connectivity index (χ1v) is 19.9. The smallest absolute Gasteiger partial charge is 0.243 e. The summed E-state index contributed by atoms with van der Waals surface area (Å²) < 4.78 is 20.3. The van der Waals surface area contributed by atoms with E-state index in [9.17, 15) is 33.6 Å². The van der Waals surface area contributed by atoms with Gasteiger partial charge in [0, 0.05) is 48.4 Å². The Kier molecular flexibility index (Phi) is 17.2. The standard InChI is InChI=1S/C36H46N22O7.F2/c1-21(59)9-53(25(63)12-56-18-50-28-31(38)44-15-47-34(28)56)5-3-42-23(61)11-55(27(65)14-58-20-52-30-33(40)46-17-49-36(30)58)7-4-43-24(62)10-54(6-2-41-22(60)8-37)26(64)13-57-19-51-29-32(39)45-16-48-35(29)57;1-2/h15-20H,2-14,37H2,1H3,(H,41,60)(H,42,61)(H,43,62)(H2,38,44,47)(H2,39,45,48)(H2,40,46,49);. The quantitative estimate of drug-likeness (QED) is 0.0337. The summed E-state index contributed by atoms with van der Waals surface area (Å²) in [5, 5.41) is 7.92. The highest BCUT2D eigenvalue weighted by Crippen LogP contribution is 2.17. The van der Waals surface area contributed by atoms with Crippen molar-refractivity contribution in [2.24, 2.45) is 5.73 Å². The fourth-order valence-corrected chi connectivity index (χ4v) is 6.45. The van der Waals surface area contributed by atoms with Crippen LogP contribution in [0.25, 0.3) is 33.5 Å². The molecule has 0 aromatic carbocycles. The van der Waals surface area contributed by atoms with E-state index in [1.165, 1.54) is 73.3 Å². The highest BCUT2D eigenvalue weighted by Gasteiger charge is 2.24. The van der Waals surface area contributed by atoms with Gasteiger partial charge in [-0.3, -0.25) is 33.6 Å². The fourth-order valence-electron chi connectivity index (χ4n) is 6.45. The SMILES string of the molecule is CC(=O)CN(CCNC(=O)CN(CCNC(=O)CN(CCNC(=O)CN)C(=O)Cn1cnc2c(N)ncnc21)C(=O)Cn1cnc2c(N)ncnc21)C(=O)Cn1cnc2c(N)ncnc21.FF. The van der Waals surface area contributed by atoms with Gasteiger partial charge in [-0.15, -0.1) is 0 Å². The number of carbonyl (C=O) groups is 7. The molecule has 0 atom stereocenters. The number of nitrogens with one attached hydrogen (secondary N) is 3. The number of nitrogen functional groups attached to an aromatic ring is 3. The molecule has 11 N–H and O–H groups in total. The molecule has 67 heavy (non-hydrogen) atoms. The second kappa shape index (κ2) is 23.3. The third-order valence-electron chi connectivity index (χ3n) is 9.64. The number of aromatic nitrogens is 12. The predicted octanol–water partition coefficient (Wildman–Crippen LogP) is -4.52. The molecule has 0 unspecified atom stereocenters. The minimum atomic E-state index is -0.620. The normalized spacial score (nSPS) is 10.9. The van der Waals surface area contributed by atoms with Crippen LogP contribution < -0.4 is 38.9 Å². The van der Waals surface area contributed by atoms with Gasteiger partial charge in [0.15, 0.2) is 34.4 Å². The molecule has 6 amide bonds. The minimum Gasteiger partial charge on any atom is -0.382 e. The predicted molar refractivity (Wildman–Crippen MR) is 230 cm³/mol. The number of hydrogen-bond acceptors (Lipinski definition) is 20. The van der Waals surface area contributed by atoms with E-state index in [2.05, 4.69) is 60.8 Å². The van der Waals surface area contributed by atoms with E-state index in [1.54, 1.807) is 0 Å². The summed E-state index contributed by atoms with van der Waals surface area (Å²) in [6, 6.07) is 0. The van der Waals surface area contributed by atoms with Gasteiger partial charge in [0.1, 0.15) is 60.9 Å². The van der Waals surface area contributed by atoms with E-state index in [4.69, 9.17) is 32.1 Å². The number of fused-ring (bicyclic) bond motifs is 3. The van der Waals surface area contributed by atoms with Crippen LogP contribution in [0, 0.1) is 0 Å². The lowest BCUT2D eigenvalue weighted by atomic mass is 10.3. The molecule has 0 radical (unpaired) electrons. The largest absolute Gasteiger partial charge is 0.382 e. The molecule has 0 bridgehead atoms. The van der Waals surface area contributed by atoms with E-state index in [0.717, 1.165) is 0 Å². The lowest BCUT2D eigenvalue weighted by Gasteiger charge is -2.25. The van der Waals surface area contributed by atoms with Crippen LogP contribution in [0.5, 0.6) is 0 Å². The molecule has 0 spiro atoms. The summed E-state index contributed by atoms with van der Waals surface area (Å²) in [4.78, 5) is 132. The molecule has 6 aromatic heterocycles. The number of nitrogens with zero attached hydrogens (tertiary/aromatic N) is 15. The molecule has 0 saturated carbocycles. The average molecular weight is 937 g/mol. The maximum Gasteiger partial charge on any atom is 0.243 e. The van der Waals surface area contributed by atoms with Gasteiger partial charge in [0.25, 0.3) is 0 Å². The first-order valence-electron chi connectivity index (χ1n) is 19.9. The summed E-state index contributed by atoms with van der Waals surface area (Å²) in [5.41, 5.74) is 24.8. The average Bonchev–Trinajstić information content (AvgIpc) is 4.04. The van der Waals surface area contributed by atoms with Crippen LogP contribution in [0.2, 0.25) is 0 Å². The maximum atomic E-state index is 13.8. The highest BCUT2D eigenvalue weighted by atomic mass is 20.0. The number of halogens is 2. The Morgan fingerprint density at radius 1 is 0.507 bits per heavy atom. The van der Waals surface area contributed by atoms with Crippen LogP contribution in [0.4, 0.5) is 26.6 Å². The van der Waals surface area contributed by atoms with Gasteiger partial charge < -0.3 is 67.3 Å². The van der Waals surface area contributed by atoms with Crippen LogP contribution in [0.1, 0.15) is 6.92 Å². The Morgan fingerprint density at radius 3 is 1.13 bits per heavy atom. The number of carbonyl (C=O) groups excluding carboxylic acids is 7.